The van der Waals surface area contributed by atoms with Gasteiger partial charge < -0.3 is 0 Å². The van der Waals surface area contributed by atoms with Gasteiger partial charge in [0, 0.05) is 6.08 Å². The fraction of sp³-hybridized carbons (Fsp3) is 0. The Morgan fingerprint density at radius 3 is 3.00 bits per heavy atom. The van der Waals surface area contributed by atoms with Gasteiger partial charge in [0.05, 0.1) is 6.21 Å². The Morgan fingerprint density at radius 2 is 2.10 bits per heavy atom. The van der Waals surface area contributed by atoms with E-state index in [1.54, 1.807) is 18.2 Å². The second kappa shape index (κ2) is 3.45. The van der Waals surface area contributed by atoms with Gasteiger partial charge in [0.2, 0.25) is 0 Å². The fourth-order valence-corrected chi connectivity index (χ4v) is 0.423. The number of carbonyl (C=O) groups is 1. The number of hydrogen-bond acceptors (Lipinski definition) is 3. The molecule has 10 heavy (non-hydrogen) atoms. The molecule has 1 aliphatic heterocycles. The molecule has 4 heteroatoms. The van der Waals surface area contributed by atoms with E-state index in [4.69, 9.17) is 0 Å². The second-order valence-electron chi connectivity index (χ2n) is 1.54. The summed E-state index contributed by atoms with van der Waals surface area (Å²) in [6.45, 7) is 0. The van der Waals surface area contributed by atoms with E-state index >= 15 is 0 Å². The van der Waals surface area contributed by atoms with Gasteiger partial charge in [-0.2, -0.15) is 0 Å². The molecule has 0 unspecified atom stereocenters. The molecule has 4 nitrogen and oxygen atoms in total. The highest BCUT2D eigenvalue weighted by molar-refractivity contribution is 5.88. The van der Waals surface area contributed by atoms with Gasteiger partial charge >= 0.3 is 0 Å². The van der Waals surface area contributed by atoms with Crippen LogP contribution >= 0.6 is 0 Å². The molecule has 1 heterocycles. The average Bonchev–Trinajstić information content (AvgIpc) is 2.02. The monoisotopic (exact) mass is 135 g/mol. The van der Waals surface area contributed by atoms with E-state index in [9.17, 15) is 4.79 Å². The van der Waals surface area contributed by atoms with E-state index in [0.29, 0.717) is 0 Å². The molecule has 0 spiro atoms. The molecule has 50 valence electrons. The summed E-state index contributed by atoms with van der Waals surface area (Å²) in [5.41, 5.74) is 0. The third kappa shape index (κ3) is 2.13. The van der Waals surface area contributed by atoms with Crippen molar-refractivity contribution in [1.29, 1.82) is 0 Å². The van der Waals surface area contributed by atoms with Crippen LogP contribution in [0.15, 0.2) is 39.7 Å². The molecule has 0 aromatic rings. The standard InChI is InChI=1S/C6H5N3O/c10-6-4-2-1-3-5-7-9-8-6/h1-5H. The zero-order valence-corrected chi connectivity index (χ0v) is 5.14. The number of allylic oxidation sites excluding steroid dienone is 3. The molecule has 0 atom stereocenters. The van der Waals surface area contributed by atoms with Crippen LogP contribution in [0.1, 0.15) is 0 Å². The molecule has 0 saturated heterocycles. The maximum absolute atomic E-state index is 10.5. The van der Waals surface area contributed by atoms with Crippen LogP contribution in [0.2, 0.25) is 0 Å². The molecule has 0 bridgehead atoms. The van der Waals surface area contributed by atoms with Crippen molar-refractivity contribution in [2.75, 3.05) is 0 Å². The van der Waals surface area contributed by atoms with Gasteiger partial charge in [-0.05, 0) is 11.3 Å². The van der Waals surface area contributed by atoms with Gasteiger partial charge in [-0.3, -0.25) is 4.79 Å². The highest BCUT2D eigenvalue weighted by atomic mass is 16.1. The summed E-state index contributed by atoms with van der Waals surface area (Å²) < 4.78 is 0. The minimum atomic E-state index is -0.399. The van der Waals surface area contributed by atoms with Crippen LogP contribution in [0.25, 0.3) is 0 Å². The van der Waals surface area contributed by atoms with Gasteiger partial charge in [-0.15, -0.1) is 5.10 Å². The summed E-state index contributed by atoms with van der Waals surface area (Å²) >= 11 is 0. The molecule has 0 aromatic carbocycles. The molecule has 0 aliphatic carbocycles. The number of rotatable bonds is 0. The summed E-state index contributed by atoms with van der Waals surface area (Å²) in [5, 5.41) is 9.85. The molecule has 0 saturated carbocycles. The highest BCUT2D eigenvalue weighted by Crippen LogP contribution is 1.86. The number of hydrogen-bond donors (Lipinski definition) is 0. The van der Waals surface area contributed by atoms with E-state index in [0.717, 1.165) is 0 Å². The molecule has 0 radical (unpaired) electrons. The third-order valence-corrected chi connectivity index (χ3v) is 0.809. The normalized spacial score (nSPS) is 16.6. The van der Waals surface area contributed by atoms with E-state index < -0.39 is 5.91 Å². The zero-order chi connectivity index (χ0) is 7.23. The van der Waals surface area contributed by atoms with Gasteiger partial charge in [0.1, 0.15) is 0 Å². The lowest BCUT2D eigenvalue weighted by atomic mass is 10.4. The van der Waals surface area contributed by atoms with Gasteiger partial charge in [0.25, 0.3) is 5.91 Å². The first-order valence-corrected chi connectivity index (χ1v) is 2.71. The van der Waals surface area contributed by atoms with Crippen molar-refractivity contribution in [3.05, 3.63) is 24.3 Å². The topological polar surface area (TPSA) is 54.1 Å². The predicted molar refractivity (Wildman–Crippen MR) is 36.6 cm³/mol. The first kappa shape index (κ1) is 6.54. The summed E-state index contributed by atoms with van der Waals surface area (Å²) in [7, 11) is 0. The highest BCUT2D eigenvalue weighted by Gasteiger charge is 1.87. The average molecular weight is 135 g/mol. The second-order valence-corrected chi connectivity index (χ2v) is 1.54. The van der Waals surface area contributed by atoms with Gasteiger partial charge in [-0.25, -0.2) is 0 Å². The molecule has 1 aliphatic rings. The Balaban J connectivity index is 2.80. The van der Waals surface area contributed by atoms with Crippen LogP contribution in [-0.4, -0.2) is 12.1 Å². The van der Waals surface area contributed by atoms with Crippen molar-refractivity contribution in [2.45, 2.75) is 0 Å². The van der Waals surface area contributed by atoms with Crippen molar-refractivity contribution in [1.82, 2.24) is 0 Å². The van der Waals surface area contributed by atoms with Crippen molar-refractivity contribution in [2.24, 2.45) is 15.4 Å². The van der Waals surface area contributed by atoms with Crippen LogP contribution in [0, 0.1) is 0 Å². The van der Waals surface area contributed by atoms with Crippen molar-refractivity contribution in [3.8, 4) is 0 Å². The minimum Gasteiger partial charge on any atom is -0.266 e. The smallest absolute Gasteiger partial charge is 0.266 e. The lowest BCUT2D eigenvalue weighted by molar-refractivity contribution is -0.113. The Morgan fingerprint density at radius 1 is 1.20 bits per heavy atom. The Hall–Kier alpha value is -1.58. The molecule has 0 fully saturated rings. The van der Waals surface area contributed by atoms with Gasteiger partial charge in [0.15, 0.2) is 0 Å². The zero-order valence-electron chi connectivity index (χ0n) is 5.14. The lowest BCUT2D eigenvalue weighted by Gasteiger charge is -1.73. The van der Waals surface area contributed by atoms with E-state index in [1.165, 1.54) is 12.3 Å². The number of nitrogens with zero attached hydrogens (tertiary/aromatic N) is 3. The summed E-state index contributed by atoms with van der Waals surface area (Å²) in [5.74, 6) is -0.399. The lowest BCUT2D eigenvalue weighted by Crippen LogP contribution is -1.81. The fourth-order valence-electron chi connectivity index (χ4n) is 0.423. The number of amides is 1. The summed E-state index contributed by atoms with van der Waals surface area (Å²) in [6, 6.07) is 0. The van der Waals surface area contributed by atoms with Gasteiger partial charge in [-0.1, -0.05) is 17.3 Å². The van der Waals surface area contributed by atoms with Crippen LogP contribution < -0.4 is 0 Å². The SMILES string of the molecule is O=C1C=CC=CC=NN=N1. The maximum atomic E-state index is 10.5. The maximum Gasteiger partial charge on any atom is 0.290 e. The summed E-state index contributed by atoms with van der Waals surface area (Å²) in [6.07, 6.45) is 7.69. The van der Waals surface area contributed by atoms with Crippen molar-refractivity contribution in [3.63, 3.8) is 0 Å². The van der Waals surface area contributed by atoms with Crippen LogP contribution in [0.4, 0.5) is 0 Å². The van der Waals surface area contributed by atoms with Crippen molar-refractivity contribution < 1.29 is 4.79 Å². The van der Waals surface area contributed by atoms with Crippen molar-refractivity contribution >= 4 is 12.1 Å². The van der Waals surface area contributed by atoms with Crippen LogP contribution in [-0.2, 0) is 4.79 Å². The molecule has 1 amide bonds. The molecular weight excluding hydrogens is 130 g/mol. The Bertz CT molecular complexity index is 213. The Kier molecular flexibility index (Phi) is 2.25. The van der Waals surface area contributed by atoms with Crippen LogP contribution in [0.3, 0.4) is 0 Å². The minimum absolute atomic E-state index is 0.399. The summed E-state index contributed by atoms with van der Waals surface area (Å²) in [4.78, 5) is 10.5. The molecule has 0 aromatic heterocycles. The first-order valence-electron chi connectivity index (χ1n) is 2.71. The molecule has 1 rings (SSSR count). The van der Waals surface area contributed by atoms with E-state index in [2.05, 4.69) is 15.4 Å². The predicted octanol–water partition coefficient (Wildman–Crippen LogP) is 1.08. The largest absolute Gasteiger partial charge is 0.290 e. The first-order chi connectivity index (χ1) is 4.89. The van der Waals surface area contributed by atoms with Crippen LogP contribution in [0.5, 0.6) is 0 Å². The quantitative estimate of drug-likeness (QED) is 0.490. The van der Waals surface area contributed by atoms with E-state index in [1.807, 2.05) is 0 Å². The number of carbonyl (C=O) groups excluding carboxylic acids is 1. The van der Waals surface area contributed by atoms with E-state index in [-0.39, 0.29) is 0 Å². The molecular formula is C6H5N3O. The Labute approximate surface area is 57.7 Å². The molecule has 0 N–H and O–H groups in total. The third-order valence-electron chi connectivity index (χ3n) is 0.809.